The molecular weight excluding hydrogens is 465 g/mol. The maximum atomic E-state index is 15.2. The molecular formula is C27H32FN3O5. The Bertz CT molecular complexity index is 1270. The first-order valence-corrected chi connectivity index (χ1v) is 12.1. The molecule has 8 nitrogen and oxygen atoms in total. The van der Waals surface area contributed by atoms with Crippen molar-refractivity contribution in [3.63, 3.8) is 0 Å². The molecule has 1 aliphatic heterocycles. The number of ether oxygens (including phenoxy) is 3. The predicted octanol–water partition coefficient (Wildman–Crippen LogP) is 5.41. The molecule has 3 aromatic rings. The van der Waals surface area contributed by atoms with Crippen molar-refractivity contribution >= 4 is 28.8 Å². The van der Waals surface area contributed by atoms with E-state index in [1.807, 2.05) is 0 Å². The van der Waals surface area contributed by atoms with Crippen LogP contribution in [0.2, 0.25) is 0 Å². The molecule has 1 saturated heterocycles. The third kappa shape index (κ3) is 5.29. The first-order chi connectivity index (χ1) is 17.1. The van der Waals surface area contributed by atoms with E-state index in [-0.39, 0.29) is 23.3 Å². The van der Waals surface area contributed by atoms with E-state index in [1.54, 1.807) is 65.1 Å². The van der Waals surface area contributed by atoms with Crippen LogP contribution in [0.4, 0.5) is 14.9 Å². The van der Waals surface area contributed by atoms with Gasteiger partial charge in [-0.15, -0.1) is 0 Å². The van der Waals surface area contributed by atoms with Crippen LogP contribution < -0.4 is 9.64 Å². The summed E-state index contributed by atoms with van der Waals surface area (Å²) in [7, 11) is 1.54. The highest BCUT2D eigenvalue weighted by Gasteiger charge is 2.28. The molecule has 1 aromatic heterocycles. The summed E-state index contributed by atoms with van der Waals surface area (Å²) < 4.78 is 32.6. The van der Waals surface area contributed by atoms with Crippen molar-refractivity contribution in [2.24, 2.45) is 5.92 Å². The number of rotatable bonds is 5. The second kappa shape index (κ2) is 10.2. The third-order valence-corrected chi connectivity index (χ3v) is 6.11. The van der Waals surface area contributed by atoms with E-state index in [0.717, 1.165) is 5.69 Å². The number of methoxy groups -OCH3 is 1. The Balaban J connectivity index is 1.72. The molecule has 2 heterocycles. The lowest BCUT2D eigenvalue weighted by Crippen LogP contribution is -2.37. The van der Waals surface area contributed by atoms with Crippen molar-refractivity contribution < 1.29 is 28.2 Å². The van der Waals surface area contributed by atoms with Crippen LogP contribution in [-0.2, 0) is 14.3 Å². The molecule has 0 atom stereocenters. The van der Waals surface area contributed by atoms with E-state index in [9.17, 15) is 9.59 Å². The lowest BCUT2D eigenvalue weighted by Gasteiger charge is -2.32. The number of aromatic nitrogens is 2. The van der Waals surface area contributed by atoms with Crippen molar-refractivity contribution in [3.05, 3.63) is 42.2 Å². The van der Waals surface area contributed by atoms with Gasteiger partial charge in [0.15, 0.2) is 5.82 Å². The molecule has 0 saturated carbocycles. The van der Waals surface area contributed by atoms with Gasteiger partial charge in [-0.05, 0) is 70.9 Å². The quantitative estimate of drug-likeness (QED) is 0.436. The van der Waals surface area contributed by atoms with Gasteiger partial charge in [0, 0.05) is 24.8 Å². The molecule has 1 fully saturated rings. The molecule has 0 bridgehead atoms. The number of carbonyl (C=O) groups excluding carboxylic acids is 2. The average Bonchev–Trinajstić information content (AvgIpc) is 3.22. The van der Waals surface area contributed by atoms with Gasteiger partial charge in [-0.3, -0.25) is 4.79 Å². The summed E-state index contributed by atoms with van der Waals surface area (Å²) >= 11 is 0. The van der Waals surface area contributed by atoms with E-state index in [1.165, 1.54) is 10.6 Å². The van der Waals surface area contributed by atoms with Gasteiger partial charge >= 0.3 is 12.1 Å². The summed E-state index contributed by atoms with van der Waals surface area (Å²) in [6, 6.07) is 9.89. The smallest absolute Gasteiger partial charge is 0.420 e. The SMILES string of the molecule is CCOC(=O)C1CCN(c2ccc(F)c(-c3nc4cc(OC)ccc4n3C(=O)OC(C)(C)C)c2)CC1. The zero-order chi connectivity index (χ0) is 26.0. The second-order valence-corrected chi connectivity index (χ2v) is 9.78. The van der Waals surface area contributed by atoms with Crippen molar-refractivity contribution in [2.75, 3.05) is 31.7 Å². The number of piperidine rings is 1. The molecule has 192 valence electrons. The Morgan fingerprint density at radius 1 is 1.11 bits per heavy atom. The largest absolute Gasteiger partial charge is 0.497 e. The molecule has 0 radical (unpaired) electrons. The highest BCUT2D eigenvalue weighted by atomic mass is 19.1. The minimum absolute atomic E-state index is 0.132. The number of benzene rings is 2. The highest BCUT2D eigenvalue weighted by molar-refractivity contribution is 5.93. The summed E-state index contributed by atoms with van der Waals surface area (Å²) in [4.78, 5) is 32.0. The zero-order valence-electron chi connectivity index (χ0n) is 21.3. The lowest BCUT2D eigenvalue weighted by atomic mass is 9.96. The number of hydrogen-bond donors (Lipinski definition) is 0. The molecule has 0 spiro atoms. The van der Waals surface area contributed by atoms with Crippen molar-refractivity contribution in [1.29, 1.82) is 0 Å². The number of hydrogen-bond acceptors (Lipinski definition) is 7. The second-order valence-electron chi connectivity index (χ2n) is 9.78. The Labute approximate surface area is 210 Å². The molecule has 9 heteroatoms. The predicted molar refractivity (Wildman–Crippen MR) is 135 cm³/mol. The standard InChI is InChI=1S/C27H32FN3O5/c1-6-35-25(32)17-11-13-30(14-12-17)18-7-9-21(28)20(15-18)24-29-22-16-19(34-5)8-10-23(22)31(24)26(33)36-27(2,3)4/h7-10,15-17H,6,11-14H2,1-5H3. The number of esters is 1. The number of carbonyl (C=O) groups is 2. The van der Waals surface area contributed by atoms with Crippen molar-refractivity contribution in [3.8, 4) is 17.1 Å². The number of anilines is 1. The average molecular weight is 498 g/mol. The van der Waals surface area contributed by atoms with Gasteiger partial charge < -0.3 is 19.1 Å². The van der Waals surface area contributed by atoms with Crippen molar-refractivity contribution in [2.45, 2.75) is 46.1 Å². The monoisotopic (exact) mass is 497 g/mol. The van der Waals surface area contributed by atoms with E-state index in [2.05, 4.69) is 9.88 Å². The maximum Gasteiger partial charge on any atom is 0.420 e. The molecule has 0 aliphatic carbocycles. The van der Waals surface area contributed by atoms with E-state index in [0.29, 0.717) is 49.3 Å². The van der Waals surface area contributed by atoms with Crippen LogP contribution in [0.15, 0.2) is 36.4 Å². The number of halogens is 1. The Morgan fingerprint density at radius 3 is 2.47 bits per heavy atom. The van der Waals surface area contributed by atoms with Crippen LogP contribution in [0.1, 0.15) is 40.5 Å². The van der Waals surface area contributed by atoms with Gasteiger partial charge in [0.1, 0.15) is 17.2 Å². The van der Waals surface area contributed by atoms with Gasteiger partial charge in [0.25, 0.3) is 0 Å². The zero-order valence-corrected chi connectivity index (χ0v) is 21.3. The minimum Gasteiger partial charge on any atom is -0.497 e. The van der Waals surface area contributed by atoms with Gasteiger partial charge in [0.2, 0.25) is 0 Å². The van der Waals surface area contributed by atoms with Crippen LogP contribution in [0.5, 0.6) is 5.75 Å². The summed E-state index contributed by atoms with van der Waals surface area (Å²) in [6.45, 7) is 8.75. The van der Waals surface area contributed by atoms with Gasteiger partial charge in [-0.25, -0.2) is 18.7 Å². The summed E-state index contributed by atoms with van der Waals surface area (Å²) in [5, 5.41) is 0. The molecule has 1 aliphatic rings. The Morgan fingerprint density at radius 2 is 1.83 bits per heavy atom. The van der Waals surface area contributed by atoms with Gasteiger partial charge in [-0.1, -0.05) is 0 Å². The summed E-state index contributed by atoms with van der Waals surface area (Å²) in [5.74, 6) is -0.0898. The molecule has 0 unspecified atom stereocenters. The fourth-order valence-electron chi connectivity index (χ4n) is 4.37. The lowest BCUT2D eigenvalue weighted by molar-refractivity contribution is -0.148. The third-order valence-electron chi connectivity index (χ3n) is 6.11. The van der Waals surface area contributed by atoms with Crippen LogP contribution >= 0.6 is 0 Å². The normalized spacial score (nSPS) is 14.7. The summed E-state index contributed by atoms with van der Waals surface area (Å²) in [6.07, 6.45) is 0.661. The van der Waals surface area contributed by atoms with Crippen LogP contribution in [-0.4, -0.2) is 54.0 Å². The number of fused-ring (bicyclic) bond motifs is 1. The fourth-order valence-corrected chi connectivity index (χ4v) is 4.37. The summed E-state index contributed by atoms with van der Waals surface area (Å²) in [5.41, 5.74) is 1.19. The minimum atomic E-state index is -0.749. The Hall–Kier alpha value is -3.62. The van der Waals surface area contributed by atoms with Crippen LogP contribution in [0.25, 0.3) is 22.4 Å². The first-order valence-electron chi connectivity index (χ1n) is 12.1. The highest BCUT2D eigenvalue weighted by Crippen LogP contribution is 2.33. The molecule has 4 rings (SSSR count). The van der Waals surface area contributed by atoms with Crippen molar-refractivity contribution in [1.82, 2.24) is 9.55 Å². The topological polar surface area (TPSA) is 82.9 Å². The van der Waals surface area contributed by atoms with E-state index < -0.39 is 17.5 Å². The van der Waals surface area contributed by atoms with E-state index >= 15 is 4.39 Å². The molecule has 0 amide bonds. The van der Waals surface area contributed by atoms with Gasteiger partial charge in [-0.2, -0.15) is 0 Å². The molecule has 36 heavy (non-hydrogen) atoms. The molecule has 2 aromatic carbocycles. The maximum absolute atomic E-state index is 15.2. The van der Waals surface area contributed by atoms with Crippen LogP contribution in [0, 0.1) is 11.7 Å². The fraction of sp³-hybridized carbons (Fsp3) is 0.444. The van der Waals surface area contributed by atoms with Crippen LogP contribution in [0.3, 0.4) is 0 Å². The number of nitrogens with zero attached hydrogens (tertiary/aromatic N) is 3. The van der Waals surface area contributed by atoms with E-state index in [4.69, 9.17) is 14.2 Å². The van der Waals surface area contributed by atoms with Gasteiger partial charge in [0.05, 0.1) is 36.2 Å². The number of imidazole rings is 1. The molecule has 0 N–H and O–H groups in total. The Kier molecular flexibility index (Phi) is 7.19. The first kappa shape index (κ1) is 25.5.